The zero-order chi connectivity index (χ0) is 34.8. The number of aryl methyl sites for hydroxylation is 2. The van der Waals surface area contributed by atoms with Crippen molar-refractivity contribution in [3.8, 4) is 0 Å². The van der Waals surface area contributed by atoms with Gasteiger partial charge in [-0.15, -0.1) is 0 Å². The van der Waals surface area contributed by atoms with Gasteiger partial charge in [0.05, 0.1) is 13.0 Å². The van der Waals surface area contributed by atoms with Gasteiger partial charge in [0.2, 0.25) is 17.7 Å². The van der Waals surface area contributed by atoms with E-state index in [4.69, 9.17) is 15.2 Å². The van der Waals surface area contributed by atoms with Gasteiger partial charge >= 0.3 is 12.1 Å². The van der Waals surface area contributed by atoms with Gasteiger partial charge in [0, 0.05) is 13.0 Å². The van der Waals surface area contributed by atoms with E-state index < -0.39 is 72.1 Å². The van der Waals surface area contributed by atoms with Crippen LogP contribution in [0.3, 0.4) is 0 Å². The predicted octanol–water partition coefficient (Wildman–Crippen LogP) is 3.00. The minimum absolute atomic E-state index is 0.0968. The molecule has 0 aliphatic carbocycles. The molecule has 0 saturated carbocycles. The molecular formula is C34H48N4O8. The SMILES string of the molecule is Cc1ccc(C(C(=O)NC(Cc2ccccc2)C(=O)OC(C)(C)C)N(CCO)C(=O)C(CC(N)=O)NC(=O)OC(C)(C)C)cc1C. The summed E-state index contributed by atoms with van der Waals surface area (Å²) in [5.41, 5.74) is 6.55. The van der Waals surface area contributed by atoms with Gasteiger partial charge in [-0.1, -0.05) is 48.5 Å². The number of nitrogens with zero attached hydrogens (tertiary/aromatic N) is 1. The Bertz CT molecular complexity index is 1380. The van der Waals surface area contributed by atoms with Crippen LogP contribution in [0.2, 0.25) is 0 Å². The first-order valence-corrected chi connectivity index (χ1v) is 15.1. The molecule has 46 heavy (non-hydrogen) atoms. The van der Waals surface area contributed by atoms with Gasteiger partial charge in [-0.05, 0) is 77.6 Å². The highest BCUT2D eigenvalue weighted by Gasteiger charge is 2.39. The Balaban J connectivity index is 2.62. The molecule has 0 aromatic heterocycles. The molecule has 12 heteroatoms. The van der Waals surface area contributed by atoms with Crippen LogP contribution >= 0.6 is 0 Å². The van der Waals surface area contributed by atoms with Gasteiger partial charge in [-0.2, -0.15) is 0 Å². The van der Waals surface area contributed by atoms with Crippen LogP contribution in [0.4, 0.5) is 4.79 Å². The van der Waals surface area contributed by atoms with E-state index in [-0.39, 0.29) is 13.0 Å². The lowest BCUT2D eigenvalue weighted by molar-refractivity contribution is -0.159. The Labute approximate surface area is 271 Å². The lowest BCUT2D eigenvalue weighted by Gasteiger charge is -2.35. The van der Waals surface area contributed by atoms with Crippen molar-refractivity contribution < 1.29 is 38.6 Å². The van der Waals surface area contributed by atoms with Gasteiger partial charge in [-0.3, -0.25) is 14.4 Å². The normalized spacial score (nSPS) is 13.5. The van der Waals surface area contributed by atoms with E-state index in [0.717, 1.165) is 21.6 Å². The van der Waals surface area contributed by atoms with E-state index in [9.17, 15) is 29.1 Å². The molecule has 0 aliphatic rings. The van der Waals surface area contributed by atoms with Crippen LogP contribution in [0, 0.1) is 13.8 Å². The molecule has 0 bridgehead atoms. The predicted molar refractivity (Wildman–Crippen MR) is 172 cm³/mol. The van der Waals surface area contributed by atoms with E-state index in [1.165, 1.54) is 0 Å². The Morgan fingerprint density at radius 2 is 1.46 bits per heavy atom. The third-order valence-corrected chi connectivity index (χ3v) is 6.72. The van der Waals surface area contributed by atoms with Crippen molar-refractivity contribution in [3.05, 3.63) is 70.8 Å². The highest BCUT2D eigenvalue weighted by molar-refractivity contribution is 5.95. The topological polar surface area (TPSA) is 177 Å². The van der Waals surface area contributed by atoms with Gasteiger partial charge in [-0.25, -0.2) is 9.59 Å². The summed E-state index contributed by atoms with van der Waals surface area (Å²) in [6.07, 6.45) is -1.48. The van der Waals surface area contributed by atoms with E-state index >= 15 is 0 Å². The van der Waals surface area contributed by atoms with Crippen LogP contribution in [0.1, 0.15) is 76.3 Å². The van der Waals surface area contributed by atoms with E-state index in [1.54, 1.807) is 71.9 Å². The number of rotatable bonds is 13. The number of benzene rings is 2. The maximum Gasteiger partial charge on any atom is 0.408 e. The molecule has 3 atom stereocenters. The first-order valence-electron chi connectivity index (χ1n) is 15.1. The number of aliphatic hydroxyl groups is 1. The van der Waals surface area contributed by atoms with Crippen LogP contribution in [-0.4, -0.2) is 76.2 Å². The molecule has 12 nitrogen and oxygen atoms in total. The zero-order valence-electron chi connectivity index (χ0n) is 28.0. The van der Waals surface area contributed by atoms with Crippen LogP contribution in [-0.2, 0) is 35.1 Å². The number of amides is 4. The molecular weight excluding hydrogens is 592 g/mol. The Kier molecular flexibility index (Phi) is 13.3. The van der Waals surface area contributed by atoms with E-state index in [0.29, 0.717) is 5.56 Å². The molecule has 0 saturated heterocycles. The molecule has 3 unspecified atom stereocenters. The summed E-state index contributed by atoms with van der Waals surface area (Å²) in [7, 11) is 0. The molecule has 0 fully saturated rings. The number of aliphatic hydroxyl groups excluding tert-OH is 1. The molecule has 0 radical (unpaired) electrons. The largest absolute Gasteiger partial charge is 0.458 e. The number of alkyl carbamates (subject to hydrolysis) is 1. The van der Waals surface area contributed by atoms with E-state index in [1.807, 2.05) is 32.0 Å². The van der Waals surface area contributed by atoms with Crippen molar-refractivity contribution >= 4 is 29.8 Å². The minimum atomic E-state index is -1.52. The van der Waals surface area contributed by atoms with Crippen molar-refractivity contribution in [1.29, 1.82) is 0 Å². The van der Waals surface area contributed by atoms with Crippen LogP contribution in [0.25, 0.3) is 0 Å². The fourth-order valence-electron chi connectivity index (χ4n) is 4.60. The molecule has 5 N–H and O–H groups in total. The van der Waals surface area contributed by atoms with Crippen LogP contribution in [0.5, 0.6) is 0 Å². The first-order chi connectivity index (χ1) is 21.3. The van der Waals surface area contributed by atoms with Gasteiger partial charge in [0.1, 0.15) is 29.3 Å². The Morgan fingerprint density at radius 1 is 0.848 bits per heavy atom. The summed E-state index contributed by atoms with van der Waals surface area (Å²) in [5, 5.41) is 15.2. The number of nitrogens with two attached hydrogens (primary N) is 1. The summed E-state index contributed by atoms with van der Waals surface area (Å²) >= 11 is 0. The average Bonchev–Trinajstić information content (AvgIpc) is 2.92. The standard InChI is InChI=1S/C34H48N4O8/c1-21-14-15-24(18-22(21)2)28(29(41)36-26(31(43)45-33(3,4)5)19-23-12-10-9-11-13-23)38(16-17-39)30(42)25(20-27(35)40)37-32(44)46-34(6,7)8/h9-15,18,25-26,28,39H,16-17,19-20H2,1-8H3,(H2,35,40)(H,36,41)(H,37,44). The van der Waals surface area contributed by atoms with Crippen molar-refractivity contribution in [2.45, 2.75) is 97.6 Å². The third-order valence-electron chi connectivity index (χ3n) is 6.72. The van der Waals surface area contributed by atoms with Crippen LogP contribution in [0.15, 0.2) is 48.5 Å². The van der Waals surface area contributed by atoms with Crippen molar-refractivity contribution in [1.82, 2.24) is 15.5 Å². The molecule has 2 aromatic carbocycles. The molecule has 0 heterocycles. The summed E-state index contributed by atoms with van der Waals surface area (Å²) in [6.45, 7) is 12.8. The number of carbonyl (C=O) groups is 5. The molecule has 2 rings (SSSR count). The van der Waals surface area contributed by atoms with Crippen molar-refractivity contribution in [2.24, 2.45) is 5.73 Å². The third kappa shape index (κ3) is 12.2. The smallest absolute Gasteiger partial charge is 0.408 e. The summed E-state index contributed by atoms with van der Waals surface area (Å²) in [5.74, 6) is -3.18. The van der Waals surface area contributed by atoms with Crippen molar-refractivity contribution in [2.75, 3.05) is 13.2 Å². The lowest BCUT2D eigenvalue weighted by Crippen LogP contribution is -2.56. The lowest BCUT2D eigenvalue weighted by atomic mass is 9.97. The number of nitrogens with one attached hydrogen (secondary N) is 2. The molecule has 252 valence electrons. The molecule has 2 aromatic rings. The van der Waals surface area contributed by atoms with Gasteiger partial charge in [0.25, 0.3) is 0 Å². The zero-order valence-corrected chi connectivity index (χ0v) is 28.0. The van der Waals surface area contributed by atoms with Gasteiger partial charge in [0.15, 0.2) is 0 Å². The summed E-state index contributed by atoms with van der Waals surface area (Å²) < 4.78 is 10.9. The Hall–Kier alpha value is -4.45. The fraction of sp³-hybridized carbons (Fsp3) is 0.500. The number of hydrogen-bond acceptors (Lipinski definition) is 8. The summed E-state index contributed by atoms with van der Waals surface area (Å²) in [4.78, 5) is 67.5. The number of carbonyl (C=O) groups excluding carboxylic acids is 5. The molecule has 4 amide bonds. The highest BCUT2D eigenvalue weighted by Crippen LogP contribution is 2.26. The second-order valence-corrected chi connectivity index (χ2v) is 13.2. The molecule has 0 spiro atoms. The second kappa shape index (κ2) is 16.2. The quantitative estimate of drug-likeness (QED) is 0.242. The van der Waals surface area contributed by atoms with E-state index in [2.05, 4.69) is 10.6 Å². The molecule has 0 aliphatic heterocycles. The Morgan fingerprint density at radius 3 is 1.98 bits per heavy atom. The summed E-state index contributed by atoms with van der Waals surface area (Å²) in [6, 6.07) is 10.2. The number of ether oxygens (including phenoxy) is 2. The second-order valence-electron chi connectivity index (χ2n) is 13.2. The van der Waals surface area contributed by atoms with Gasteiger partial charge < -0.3 is 35.8 Å². The minimum Gasteiger partial charge on any atom is -0.458 e. The number of esters is 1. The van der Waals surface area contributed by atoms with Crippen LogP contribution < -0.4 is 16.4 Å². The maximum atomic E-state index is 14.3. The maximum absolute atomic E-state index is 14.3. The highest BCUT2D eigenvalue weighted by atomic mass is 16.6. The number of hydrogen-bond donors (Lipinski definition) is 4. The van der Waals surface area contributed by atoms with Crippen molar-refractivity contribution in [3.63, 3.8) is 0 Å². The average molecular weight is 641 g/mol. The fourth-order valence-corrected chi connectivity index (χ4v) is 4.60. The number of primary amides is 1. The monoisotopic (exact) mass is 640 g/mol. The first kappa shape index (κ1) is 37.7.